The second kappa shape index (κ2) is 6.98. The average Bonchev–Trinajstić information content (AvgIpc) is 3.33. The van der Waals surface area contributed by atoms with Crippen molar-refractivity contribution >= 4 is 17.8 Å². The number of hydrogen-bond donors (Lipinski definition) is 0. The fourth-order valence-electron chi connectivity index (χ4n) is 5.40. The molecule has 1 heterocycles. The topological polar surface area (TPSA) is 57.1 Å². The molecule has 0 unspecified atom stereocenters. The van der Waals surface area contributed by atoms with E-state index in [1.165, 1.54) is 0 Å². The van der Waals surface area contributed by atoms with Gasteiger partial charge in [0.15, 0.2) is 11.5 Å². The maximum atomic E-state index is 12.7. The molecule has 2 aromatic rings. The Hall–Kier alpha value is -3.08. The summed E-state index contributed by atoms with van der Waals surface area (Å²) in [5, 5.41) is 4.48. The number of aryl methyl sites for hydroxylation is 1. The third-order valence-electron chi connectivity index (χ3n) is 7.70. The number of hydrogen-bond acceptors (Lipinski definition) is 5. The highest BCUT2D eigenvalue weighted by atomic mass is 16.7. The van der Waals surface area contributed by atoms with Crippen molar-refractivity contribution < 1.29 is 19.1 Å². The van der Waals surface area contributed by atoms with E-state index in [0.717, 1.165) is 46.8 Å². The summed E-state index contributed by atoms with van der Waals surface area (Å²) in [5.74, 6) is 1.46. The van der Waals surface area contributed by atoms with Gasteiger partial charge in [0.05, 0.1) is 11.3 Å². The van der Waals surface area contributed by atoms with Gasteiger partial charge in [-0.05, 0) is 72.1 Å². The second-order valence-electron chi connectivity index (χ2n) is 9.49. The van der Waals surface area contributed by atoms with Gasteiger partial charge in [-0.1, -0.05) is 50.2 Å². The van der Waals surface area contributed by atoms with Crippen LogP contribution in [0.1, 0.15) is 55.1 Å². The number of ether oxygens (including phenoxy) is 2. The third-order valence-corrected chi connectivity index (χ3v) is 7.70. The number of carbonyl (C=O) groups is 1. The lowest BCUT2D eigenvalue weighted by atomic mass is 9.70. The Balaban J connectivity index is 1.53. The van der Waals surface area contributed by atoms with Gasteiger partial charge in [-0.2, -0.15) is 0 Å². The van der Waals surface area contributed by atoms with Gasteiger partial charge in [-0.15, -0.1) is 0 Å². The van der Waals surface area contributed by atoms with Gasteiger partial charge in [-0.25, -0.2) is 4.79 Å². The van der Waals surface area contributed by atoms with Crippen LogP contribution < -0.4 is 9.47 Å². The molecule has 2 bridgehead atoms. The SMILES string of the molecule is Cc1ccccc1C(=O)O/N=C1\C(=C\c2ccc3c(c2)OCO3)[C@H]2CC[C@]1(C)C2(C)C. The molecule has 0 radical (unpaired) electrons. The summed E-state index contributed by atoms with van der Waals surface area (Å²) in [4.78, 5) is 18.2. The monoisotopic (exact) mass is 417 g/mol. The van der Waals surface area contributed by atoms with Crippen LogP contribution >= 0.6 is 0 Å². The van der Waals surface area contributed by atoms with E-state index in [2.05, 4.69) is 32.0 Å². The van der Waals surface area contributed by atoms with E-state index in [1.807, 2.05) is 43.3 Å². The number of fused-ring (bicyclic) bond motifs is 3. The van der Waals surface area contributed by atoms with E-state index in [4.69, 9.17) is 14.3 Å². The fraction of sp³-hybridized carbons (Fsp3) is 0.385. The highest BCUT2D eigenvalue weighted by molar-refractivity contribution is 6.11. The van der Waals surface area contributed by atoms with Gasteiger partial charge in [0.25, 0.3) is 0 Å². The van der Waals surface area contributed by atoms with Crippen LogP contribution in [0.5, 0.6) is 11.5 Å². The van der Waals surface area contributed by atoms with Crippen molar-refractivity contribution in [1.82, 2.24) is 0 Å². The van der Waals surface area contributed by atoms with Gasteiger partial charge < -0.3 is 14.3 Å². The maximum Gasteiger partial charge on any atom is 0.366 e. The minimum Gasteiger partial charge on any atom is -0.454 e. The first-order valence-corrected chi connectivity index (χ1v) is 10.8. The van der Waals surface area contributed by atoms with E-state index in [9.17, 15) is 4.79 Å². The summed E-state index contributed by atoms with van der Waals surface area (Å²) in [6, 6.07) is 13.4. The van der Waals surface area contributed by atoms with Crippen LogP contribution in [0.15, 0.2) is 53.2 Å². The molecule has 5 rings (SSSR count). The van der Waals surface area contributed by atoms with Crippen molar-refractivity contribution in [2.75, 3.05) is 6.79 Å². The normalized spacial score (nSPS) is 27.8. The predicted octanol–water partition coefficient (Wildman–Crippen LogP) is 5.78. The smallest absolute Gasteiger partial charge is 0.366 e. The van der Waals surface area contributed by atoms with E-state index < -0.39 is 5.97 Å². The fourth-order valence-corrected chi connectivity index (χ4v) is 5.40. The molecular weight excluding hydrogens is 390 g/mol. The van der Waals surface area contributed by atoms with E-state index >= 15 is 0 Å². The largest absolute Gasteiger partial charge is 0.454 e. The van der Waals surface area contributed by atoms with Crippen molar-refractivity contribution in [2.24, 2.45) is 21.9 Å². The molecule has 1 aliphatic heterocycles. The van der Waals surface area contributed by atoms with Crippen molar-refractivity contribution in [3.05, 3.63) is 64.7 Å². The van der Waals surface area contributed by atoms with Gasteiger partial charge in [0, 0.05) is 5.41 Å². The highest BCUT2D eigenvalue weighted by Crippen LogP contribution is 2.66. The summed E-state index contributed by atoms with van der Waals surface area (Å²) >= 11 is 0. The molecule has 2 aliphatic carbocycles. The number of allylic oxidation sites excluding steroid dienone is 1. The molecule has 0 saturated heterocycles. The lowest BCUT2D eigenvalue weighted by Gasteiger charge is -2.33. The lowest BCUT2D eigenvalue weighted by Crippen LogP contribution is -2.33. The first kappa shape index (κ1) is 19.9. The minimum absolute atomic E-state index is 0.0308. The lowest BCUT2D eigenvalue weighted by molar-refractivity contribution is 0.0508. The van der Waals surface area contributed by atoms with E-state index in [0.29, 0.717) is 11.5 Å². The Morgan fingerprint density at radius 2 is 1.90 bits per heavy atom. The zero-order valence-electron chi connectivity index (χ0n) is 18.4. The Morgan fingerprint density at radius 3 is 2.71 bits per heavy atom. The number of rotatable bonds is 3. The number of benzene rings is 2. The van der Waals surface area contributed by atoms with Gasteiger partial charge in [-0.3, -0.25) is 0 Å². The number of nitrogens with zero attached hydrogens (tertiary/aromatic N) is 1. The van der Waals surface area contributed by atoms with Crippen LogP contribution in [0.4, 0.5) is 0 Å². The zero-order valence-corrected chi connectivity index (χ0v) is 18.4. The highest BCUT2D eigenvalue weighted by Gasteiger charge is 2.63. The summed E-state index contributed by atoms with van der Waals surface area (Å²) in [5.41, 5.74) is 4.37. The molecule has 0 spiro atoms. The Labute approximate surface area is 182 Å². The zero-order chi connectivity index (χ0) is 21.8. The molecular formula is C26H27NO4. The van der Waals surface area contributed by atoms with Crippen molar-refractivity contribution in [2.45, 2.75) is 40.5 Å². The Bertz CT molecular complexity index is 1130. The Kier molecular flexibility index (Phi) is 4.47. The molecule has 3 aliphatic rings. The van der Waals surface area contributed by atoms with Crippen molar-refractivity contribution in [1.29, 1.82) is 0 Å². The molecule has 5 nitrogen and oxygen atoms in total. The molecule has 160 valence electrons. The second-order valence-corrected chi connectivity index (χ2v) is 9.49. The average molecular weight is 418 g/mol. The summed E-state index contributed by atoms with van der Waals surface area (Å²) in [6.07, 6.45) is 4.30. The molecule has 0 amide bonds. The molecule has 0 aromatic heterocycles. The van der Waals surface area contributed by atoms with Crippen LogP contribution in [-0.2, 0) is 4.84 Å². The quantitative estimate of drug-likeness (QED) is 0.469. The molecule has 0 N–H and O–H groups in total. The Morgan fingerprint density at radius 1 is 1.13 bits per heavy atom. The van der Waals surface area contributed by atoms with Crippen LogP contribution in [0.3, 0.4) is 0 Å². The van der Waals surface area contributed by atoms with Crippen molar-refractivity contribution in [3.8, 4) is 11.5 Å². The molecule has 31 heavy (non-hydrogen) atoms. The maximum absolute atomic E-state index is 12.7. The van der Waals surface area contributed by atoms with Gasteiger partial charge in [0.2, 0.25) is 6.79 Å². The molecule has 2 saturated carbocycles. The first-order valence-electron chi connectivity index (χ1n) is 10.8. The van der Waals surface area contributed by atoms with Crippen LogP contribution in [0.2, 0.25) is 0 Å². The molecule has 5 heteroatoms. The van der Waals surface area contributed by atoms with Gasteiger partial charge in [0.1, 0.15) is 0 Å². The molecule has 2 atom stereocenters. The van der Waals surface area contributed by atoms with Crippen molar-refractivity contribution in [3.63, 3.8) is 0 Å². The number of oxime groups is 1. The predicted molar refractivity (Wildman–Crippen MR) is 119 cm³/mol. The summed E-state index contributed by atoms with van der Waals surface area (Å²) in [7, 11) is 0. The van der Waals surface area contributed by atoms with Crippen LogP contribution in [0.25, 0.3) is 6.08 Å². The third kappa shape index (κ3) is 2.98. The minimum atomic E-state index is -0.419. The van der Waals surface area contributed by atoms with Gasteiger partial charge >= 0.3 is 5.97 Å². The van der Waals surface area contributed by atoms with Crippen LogP contribution in [-0.4, -0.2) is 18.5 Å². The number of carbonyl (C=O) groups excluding carboxylic acids is 1. The van der Waals surface area contributed by atoms with E-state index in [1.54, 1.807) is 6.07 Å². The summed E-state index contributed by atoms with van der Waals surface area (Å²) < 4.78 is 11.0. The first-order chi connectivity index (χ1) is 14.8. The van der Waals surface area contributed by atoms with E-state index in [-0.39, 0.29) is 17.6 Å². The van der Waals surface area contributed by atoms with Crippen LogP contribution in [0, 0.1) is 23.7 Å². The molecule has 2 fully saturated rings. The molecule has 2 aromatic carbocycles. The summed E-state index contributed by atoms with van der Waals surface area (Å²) in [6.45, 7) is 8.99. The standard InChI is InChI=1S/C26H27NO4/c1-16-7-5-6-8-18(16)24(28)31-27-23-19(20-11-12-26(23,4)25(20,2)3)13-17-9-10-21-22(14-17)30-15-29-21/h5-10,13-14,20H,11-12,15H2,1-4H3/b19-13+,27-23+/t20-,26+/m1/s1.